The first kappa shape index (κ1) is 47.3. The summed E-state index contributed by atoms with van der Waals surface area (Å²) < 4.78 is 33.8. The largest absolute Gasteiger partial charge is 0.494 e. The van der Waals surface area contributed by atoms with Crippen LogP contribution in [0, 0.1) is 11.7 Å². The van der Waals surface area contributed by atoms with Crippen molar-refractivity contribution in [2.75, 3.05) is 57.4 Å². The van der Waals surface area contributed by atoms with Crippen molar-refractivity contribution in [3.05, 3.63) is 93.4 Å². The SMILES string of the molecule is CCNC(=O)c1cc2c(-c3cccc(OCCC4CCN(C(=O)CCOC(=O)N5CCC(n6cc(-c7cnc(N)c(O[C@H](C)c8c(Cl)ccc(F)c8Cl)c7)cn6)CC5)CC4)c3)nc(N)nc2s1. The number of anilines is 2. The summed E-state index contributed by atoms with van der Waals surface area (Å²) in [6.07, 6.45) is 8.15. The number of ether oxygens (including phenoxy) is 3. The third-order valence-corrected chi connectivity index (χ3v) is 13.8. The lowest BCUT2D eigenvalue weighted by atomic mass is 9.94. The minimum absolute atomic E-state index is 0.0181. The summed E-state index contributed by atoms with van der Waals surface area (Å²) in [5.74, 6) is 0.885. The topological polar surface area (TPSA) is 206 Å². The van der Waals surface area contributed by atoms with Crippen LogP contribution in [-0.4, -0.2) is 98.4 Å². The van der Waals surface area contributed by atoms with Crippen molar-refractivity contribution < 1.29 is 33.0 Å². The minimum Gasteiger partial charge on any atom is -0.494 e. The first-order chi connectivity index (χ1) is 32.3. The highest BCUT2D eigenvalue weighted by molar-refractivity contribution is 7.20. The molecule has 0 saturated carbocycles. The molecule has 3 amide bonds. The summed E-state index contributed by atoms with van der Waals surface area (Å²) in [6.45, 7) is 6.88. The second-order valence-corrected chi connectivity index (χ2v) is 18.3. The minimum atomic E-state index is -0.716. The predicted octanol–water partition coefficient (Wildman–Crippen LogP) is 8.99. The molecule has 4 aromatic heterocycles. The molecule has 0 unspecified atom stereocenters. The second kappa shape index (κ2) is 21.2. The van der Waals surface area contributed by atoms with Crippen LogP contribution in [0.25, 0.3) is 32.6 Å². The average Bonchev–Trinajstić information content (AvgIpc) is 4.00. The molecule has 2 saturated heterocycles. The van der Waals surface area contributed by atoms with Gasteiger partial charge < -0.3 is 40.8 Å². The molecule has 20 heteroatoms. The maximum Gasteiger partial charge on any atom is 0.409 e. The number of amides is 3. The van der Waals surface area contributed by atoms with Gasteiger partial charge in [-0.1, -0.05) is 35.3 Å². The van der Waals surface area contributed by atoms with Gasteiger partial charge in [0.2, 0.25) is 11.9 Å². The molecule has 6 aromatic rings. The molecule has 67 heavy (non-hydrogen) atoms. The van der Waals surface area contributed by atoms with Gasteiger partial charge in [-0.3, -0.25) is 14.3 Å². The van der Waals surface area contributed by atoms with E-state index < -0.39 is 18.0 Å². The Balaban J connectivity index is 0.739. The smallest absolute Gasteiger partial charge is 0.409 e. The van der Waals surface area contributed by atoms with Gasteiger partial charge >= 0.3 is 6.09 Å². The van der Waals surface area contributed by atoms with Gasteiger partial charge in [-0.15, -0.1) is 11.3 Å². The molecule has 0 bridgehead atoms. The third-order valence-electron chi connectivity index (χ3n) is 12.1. The van der Waals surface area contributed by atoms with E-state index in [0.29, 0.717) is 90.4 Å². The average molecular weight is 974 g/mol. The number of thiophene rings is 1. The zero-order valence-corrected chi connectivity index (χ0v) is 39.4. The van der Waals surface area contributed by atoms with Gasteiger partial charge in [0.1, 0.15) is 29.1 Å². The summed E-state index contributed by atoms with van der Waals surface area (Å²) in [5, 5.41) is 8.32. The van der Waals surface area contributed by atoms with Gasteiger partial charge in [-0.05, 0) is 88.3 Å². The lowest BCUT2D eigenvalue weighted by molar-refractivity contribution is -0.133. The number of hydrogen-bond acceptors (Lipinski definition) is 13. The van der Waals surface area contributed by atoms with Crippen LogP contribution in [0.5, 0.6) is 11.5 Å². The van der Waals surface area contributed by atoms with Crippen molar-refractivity contribution in [1.29, 1.82) is 0 Å². The normalized spacial score (nSPS) is 15.1. The van der Waals surface area contributed by atoms with Crippen LogP contribution < -0.4 is 26.3 Å². The van der Waals surface area contributed by atoms with Gasteiger partial charge in [-0.2, -0.15) is 5.10 Å². The number of aromatic nitrogens is 5. The van der Waals surface area contributed by atoms with Crippen molar-refractivity contribution in [2.24, 2.45) is 5.92 Å². The number of nitrogens with one attached hydrogen (secondary N) is 1. The molecule has 2 aliphatic rings. The number of carbonyl (C=O) groups excluding carboxylic acids is 3. The molecule has 2 aliphatic heterocycles. The summed E-state index contributed by atoms with van der Waals surface area (Å²) in [4.78, 5) is 56.4. The number of hydrogen-bond donors (Lipinski definition) is 3. The van der Waals surface area contributed by atoms with Crippen molar-refractivity contribution in [1.82, 2.24) is 39.8 Å². The summed E-state index contributed by atoms with van der Waals surface area (Å²) in [6, 6.07) is 13.9. The molecule has 5 N–H and O–H groups in total. The van der Waals surface area contributed by atoms with Gasteiger partial charge in [0.25, 0.3) is 5.91 Å². The summed E-state index contributed by atoms with van der Waals surface area (Å²) in [5.41, 5.74) is 15.4. The highest BCUT2D eigenvalue weighted by atomic mass is 35.5. The van der Waals surface area contributed by atoms with Crippen molar-refractivity contribution in [2.45, 2.75) is 64.5 Å². The van der Waals surface area contributed by atoms with Crippen LogP contribution in [-0.2, 0) is 9.53 Å². The van der Waals surface area contributed by atoms with E-state index in [9.17, 15) is 18.8 Å². The molecule has 0 aliphatic carbocycles. The van der Waals surface area contributed by atoms with E-state index in [4.69, 9.17) is 48.9 Å². The number of nitrogens with two attached hydrogens (primary N) is 2. The third kappa shape index (κ3) is 11.1. The van der Waals surface area contributed by atoms with Gasteiger partial charge in [0.05, 0.1) is 40.9 Å². The van der Waals surface area contributed by atoms with Crippen LogP contribution in [0.4, 0.5) is 21.0 Å². The molecule has 8 rings (SSSR count). The maximum atomic E-state index is 14.2. The number of benzene rings is 2. The number of likely N-dealkylation sites (tertiary alicyclic amines) is 2. The zero-order chi connectivity index (χ0) is 47.2. The summed E-state index contributed by atoms with van der Waals surface area (Å²) in [7, 11) is 0. The monoisotopic (exact) mass is 972 g/mol. The predicted molar refractivity (Wildman–Crippen MR) is 256 cm³/mol. The zero-order valence-electron chi connectivity index (χ0n) is 37.1. The van der Waals surface area contributed by atoms with E-state index in [-0.39, 0.29) is 58.4 Å². The van der Waals surface area contributed by atoms with Gasteiger partial charge in [-0.25, -0.2) is 24.1 Å². The highest BCUT2D eigenvalue weighted by Crippen LogP contribution is 2.38. The molecule has 2 aromatic carbocycles. The van der Waals surface area contributed by atoms with Crippen molar-refractivity contribution in [3.63, 3.8) is 0 Å². The Morgan fingerprint density at radius 3 is 2.49 bits per heavy atom. The Hall–Kier alpha value is -6.24. The number of piperidine rings is 2. The first-order valence-electron chi connectivity index (χ1n) is 22.2. The molecule has 6 heterocycles. The van der Waals surface area contributed by atoms with Crippen molar-refractivity contribution in [3.8, 4) is 33.9 Å². The molecule has 352 valence electrons. The quantitative estimate of drug-likeness (QED) is 0.0825. The Labute approximate surface area is 400 Å². The summed E-state index contributed by atoms with van der Waals surface area (Å²) >= 11 is 13.8. The second-order valence-electron chi connectivity index (χ2n) is 16.5. The number of carbonyl (C=O) groups is 3. The van der Waals surface area contributed by atoms with E-state index in [1.54, 1.807) is 36.4 Å². The van der Waals surface area contributed by atoms with E-state index in [2.05, 4.69) is 25.4 Å². The van der Waals surface area contributed by atoms with Crippen LogP contribution >= 0.6 is 34.5 Å². The van der Waals surface area contributed by atoms with E-state index in [1.807, 2.05) is 47.0 Å². The first-order valence-corrected chi connectivity index (χ1v) is 23.8. The lowest BCUT2D eigenvalue weighted by Gasteiger charge is -2.32. The Kier molecular flexibility index (Phi) is 14.9. The number of rotatable bonds is 15. The number of fused-ring (bicyclic) bond motifs is 1. The standard InChI is InChI=1S/C47H51Cl2FN10O6S/c1-3-53-44(62)38-23-34-42(56-46(52)57-45(34)67-38)29-5-4-6-33(21-29)64-19-13-28-9-15-58(16-10-28)39(61)14-20-65-47(63)59-17-11-32(12-18-59)60-26-31(25-55-60)30-22-37(43(51)54-24-30)66-27(2)40-35(48)7-8-36(50)41(40)49/h4-8,21-28,32H,3,9-20H2,1-2H3,(H2,51,54)(H,53,62)(H2,52,56,57)/t27-/m1/s1. The van der Waals surface area contributed by atoms with E-state index >= 15 is 0 Å². The molecule has 16 nitrogen and oxygen atoms in total. The number of halogens is 3. The molecule has 2 fully saturated rings. The van der Waals surface area contributed by atoms with Crippen LogP contribution in [0.2, 0.25) is 10.0 Å². The van der Waals surface area contributed by atoms with Crippen LogP contribution in [0.3, 0.4) is 0 Å². The number of pyridine rings is 1. The fraction of sp³-hybridized carbons (Fsp3) is 0.383. The molecule has 1 atom stereocenters. The van der Waals surface area contributed by atoms with Crippen LogP contribution in [0.15, 0.2) is 67.1 Å². The fourth-order valence-corrected chi connectivity index (χ4v) is 10.0. The van der Waals surface area contributed by atoms with Gasteiger partial charge in [0, 0.05) is 77.8 Å². The Bertz CT molecular complexity index is 2760. The molecule has 0 spiro atoms. The molecular formula is C47H51Cl2FN10O6S. The molecular weight excluding hydrogens is 923 g/mol. The van der Waals surface area contributed by atoms with E-state index in [0.717, 1.165) is 35.8 Å². The number of nitrogens with zero attached hydrogens (tertiary/aromatic N) is 7. The lowest BCUT2D eigenvalue weighted by Crippen LogP contribution is -2.41. The van der Waals surface area contributed by atoms with Crippen molar-refractivity contribution >= 4 is 74.4 Å². The molecule has 0 radical (unpaired) electrons. The fourth-order valence-electron chi connectivity index (χ4n) is 8.41. The van der Waals surface area contributed by atoms with E-state index in [1.165, 1.54) is 23.5 Å². The van der Waals surface area contributed by atoms with Gasteiger partial charge in [0.15, 0.2) is 11.6 Å². The van der Waals surface area contributed by atoms with Crippen LogP contribution in [0.1, 0.15) is 79.8 Å². The Morgan fingerprint density at radius 1 is 0.940 bits per heavy atom. The number of nitrogen functional groups attached to an aromatic ring is 2. The Morgan fingerprint density at radius 2 is 1.72 bits per heavy atom. The highest BCUT2D eigenvalue weighted by Gasteiger charge is 2.28. The maximum absolute atomic E-state index is 14.2.